The maximum absolute atomic E-state index is 12.9. The molecule has 0 saturated heterocycles. The van der Waals surface area contributed by atoms with Crippen molar-refractivity contribution < 1.29 is 19.0 Å². The molecule has 0 heterocycles. The van der Waals surface area contributed by atoms with Crippen molar-refractivity contribution in [3.63, 3.8) is 0 Å². The largest absolute Gasteiger partial charge is 0.479 e. The number of rotatable bonds is 3. The molecule has 14 heavy (non-hydrogen) atoms. The van der Waals surface area contributed by atoms with Gasteiger partial charge in [0.2, 0.25) is 0 Å². The zero-order valence-electron chi connectivity index (χ0n) is 7.95. The van der Waals surface area contributed by atoms with E-state index in [1.54, 1.807) is 6.92 Å². The van der Waals surface area contributed by atoms with Gasteiger partial charge in [-0.3, -0.25) is 0 Å². The molecule has 0 bridgehead atoms. The highest BCUT2D eigenvalue weighted by atomic mass is 19.1. The van der Waals surface area contributed by atoms with E-state index in [1.165, 1.54) is 25.3 Å². The van der Waals surface area contributed by atoms with Crippen molar-refractivity contribution in [3.8, 4) is 0 Å². The summed E-state index contributed by atoms with van der Waals surface area (Å²) in [5, 5.41) is 8.77. The zero-order chi connectivity index (χ0) is 10.7. The Morgan fingerprint density at radius 1 is 1.57 bits per heavy atom. The topological polar surface area (TPSA) is 46.5 Å². The molecule has 1 atom stereocenters. The molecule has 4 heteroatoms. The molecule has 1 aromatic rings. The molecule has 1 N–H and O–H groups in total. The Labute approximate surface area is 81.1 Å². The highest BCUT2D eigenvalue weighted by Gasteiger charge is 2.19. The van der Waals surface area contributed by atoms with Crippen molar-refractivity contribution in [3.05, 3.63) is 35.1 Å². The SMILES string of the molecule is COC(C(=O)O)c1ccc(F)c(C)c1. The van der Waals surface area contributed by atoms with E-state index in [9.17, 15) is 9.18 Å². The number of aliphatic carboxylic acids is 1. The van der Waals surface area contributed by atoms with Crippen molar-refractivity contribution in [2.75, 3.05) is 7.11 Å². The maximum Gasteiger partial charge on any atom is 0.337 e. The van der Waals surface area contributed by atoms with Gasteiger partial charge in [-0.1, -0.05) is 6.07 Å². The molecule has 76 valence electrons. The molecule has 1 unspecified atom stereocenters. The van der Waals surface area contributed by atoms with Crippen LogP contribution in [0.25, 0.3) is 0 Å². The number of carboxylic acids is 1. The summed E-state index contributed by atoms with van der Waals surface area (Å²) < 4.78 is 17.6. The summed E-state index contributed by atoms with van der Waals surface area (Å²) in [5.41, 5.74) is 0.852. The molecule has 0 aliphatic carbocycles. The molecule has 0 saturated carbocycles. The third kappa shape index (κ3) is 2.09. The fourth-order valence-electron chi connectivity index (χ4n) is 1.21. The number of hydrogen-bond acceptors (Lipinski definition) is 2. The first-order chi connectivity index (χ1) is 6.56. The lowest BCUT2D eigenvalue weighted by Gasteiger charge is -2.11. The van der Waals surface area contributed by atoms with Crippen LogP contribution in [0.2, 0.25) is 0 Å². The molecule has 0 aliphatic rings. The second-order valence-corrected chi connectivity index (χ2v) is 2.96. The van der Waals surface area contributed by atoms with E-state index in [0.717, 1.165) is 0 Å². The molecule has 3 nitrogen and oxygen atoms in total. The summed E-state index contributed by atoms with van der Waals surface area (Å²) in [6.45, 7) is 1.58. The maximum atomic E-state index is 12.9. The van der Waals surface area contributed by atoms with E-state index < -0.39 is 12.1 Å². The van der Waals surface area contributed by atoms with Gasteiger partial charge < -0.3 is 9.84 Å². The third-order valence-corrected chi connectivity index (χ3v) is 1.94. The van der Waals surface area contributed by atoms with E-state index in [2.05, 4.69) is 0 Å². The number of carbonyl (C=O) groups is 1. The second kappa shape index (κ2) is 4.19. The Morgan fingerprint density at radius 2 is 2.21 bits per heavy atom. The highest BCUT2D eigenvalue weighted by molar-refractivity contribution is 5.74. The molecule has 0 fully saturated rings. The van der Waals surface area contributed by atoms with Crippen molar-refractivity contribution >= 4 is 5.97 Å². The molecule has 0 aliphatic heterocycles. The summed E-state index contributed by atoms with van der Waals surface area (Å²) in [5.74, 6) is -1.44. The van der Waals surface area contributed by atoms with Crippen LogP contribution in [0.4, 0.5) is 4.39 Å². The van der Waals surface area contributed by atoms with Gasteiger partial charge in [0, 0.05) is 7.11 Å². The predicted octanol–water partition coefficient (Wildman–Crippen LogP) is 1.91. The Kier molecular flexibility index (Phi) is 3.19. The van der Waals surface area contributed by atoms with Gasteiger partial charge in [-0.05, 0) is 30.2 Å². The van der Waals surface area contributed by atoms with Crippen molar-refractivity contribution in [2.45, 2.75) is 13.0 Å². The van der Waals surface area contributed by atoms with Gasteiger partial charge in [-0.25, -0.2) is 9.18 Å². The smallest absolute Gasteiger partial charge is 0.337 e. The van der Waals surface area contributed by atoms with E-state index in [0.29, 0.717) is 11.1 Å². The number of hydrogen-bond donors (Lipinski definition) is 1. The zero-order valence-corrected chi connectivity index (χ0v) is 7.95. The van der Waals surface area contributed by atoms with E-state index >= 15 is 0 Å². The molecule has 1 aromatic carbocycles. The van der Waals surface area contributed by atoms with Crippen molar-refractivity contribution in [2.24, 2.45) is 0 Å². The second-order valence-electron chi connectivity index (χ2n) is 2.96. The fraction of sp³-hybridized carbons (Fsp3) is 0.300. The number of ether oxygens (including phenoxy) is 1. The number of methoxy groups -OCH3 is 1. The number of halogens is 1. The van der Waals surface area contributed by atoms with Crippen LogP contribution < -0.4 is 0 Å². The lowest BCUT2D eigenvalue weighted by Crippen LogP contribution is -2.13. The minimum Gasteiger partial charge on any atom is -0.479 e. The van der Waals surface area contributed by atoms with E-state index in [4.69, 9.17) is 9.84 Å². The third-order valence-electron chi connectivity index (χ3n) is 1.94. The highest BCUT2D eigenvalue weighted by Crippen LogP contribution is 2.19. The van der Waals surface area contributed by atoms with E-state index in [-0.39, 0.29) is 5.82 Å². The number of aryl methyl sites for hydroxylation is 1. The van der Waals surface area contributed by atoms with Crippen LogP contribution in [-0.2, 0) is 9.53 Å². The minimum atomic E-state index is -1.08. The Bertz CT molecular complexity index is 349. The van der Waals surface area contributed by atoms with Gasteiger partial charge in [-0.15, -0.1) is 0 Å². The Hall–Kier alpha value is -1.42. The first kappa shape index (κ1) is 10.7. The normalized spacial score (nSPS) is 12.5. The number of benzene rings is 1. The van der Waals surface area contributed by atoms with Crippen LogP contribution in [0.1, 0.15) is 17.2 Å². The molecular formula is C10H11FO3. The van der Waals surface area contributed by atoms with Crippen LogP contribution in [-0.4, -0.2) is 18.2 Å². The molecule has 0 aromatic heterocycles. The van der Waals surface area contributed by atoms with Crippen LogP contribution in [0.3, 0.4) is 0 Å². The van der Waals surface area contributed by atoms with Crippen LogP contribution in [0, 0.1) is 12.7 Å². The Balaban J connectivity index is 3.06. The monoisotopic (exact) mass is 198 g/mol. The molecule has 1 rings (SSSR count). The summed E-state index contributed by atoms with van der Waals surface area (Å²) in [4.78, 5) is 10.7. The van der Waals surface area contributed by atoms with E-state index in [1.807, 2.05) is 0 Å². The first-order valence-corrected chi connectivity index (χ1v) is 4.08. The van der Waals surface area contributed by atoms with Crippen molar-refractivity contribution in [1.29, 1.82) is 0 Å². The van der Waals surface area contributed by atoms with Gasteiger partial charge in [0.05, 0.1) is 0 Å². The summed E-state index contributed by atoms with van der Waals surface area (Å²) in [7, 11) is 1.30. The lowest BCUT2D eigenvalue weighted by molar-refractivity contribution is -0.148. The summed E-state index contributed by atoms with van der Waals surface area (Å²) >= 11 is 0. The molecule has 0 radical (unpaired) electrons. The molecular weight excluding hydrogens is 187 g/mol. The average molecular weight is 198 g/mol. The van der Waals surface area contributed by atoms with Gasteiger partial charge in [-0.2, -0.15) is 0 Å². The quantitative estimate of drug-likeness (QED) is 0.806. The van der Waals surface area contributed by atoms with Crippen molar-refractivity contribution in [1.82, 2.24) is 0 Å². The standard InChI is InChI=1S/C10H11FO3/c1-6-5-7(3-4-8(6)11)9(14-2)10(12)13/h3-5,9H,1-2H3,(H,12,13). The van der Waals surface area contributed by atoms with Gasteiger partial charge in [0.15, 0.2) is 6.10 Å². The minimum absolute atomic E-state index is 0.353. The van der Waals surface area contributed by atoms with Crippen LogP contribution in [0.5, 0.6) is 0 Å². The predicted molar refractivity (Wildman–Crippen MR) is 48.5 cm³/mol. The van der Waals surface area contributed by atoms with Gasteiger partial charge >= 0.3 is 5.97 Å². The fourth-order valence-corrected chi connectivity index (χ4v) is 1.21. The Morgan fingerprint density at radius 3 is 2.64 bits per heavy atom. The summed E-state index contributed by atoms with van der Waals surface area (Å²) in [6.07, 6.45) is -1.03. The van der Waals surface area contributed by atoms with Gasteiger partial charge in [0.25, 0.3) is 0 Å². The molecule has 0 amide bonds. The average Bonchev–Trinajstić information content (AvgIpc) is 2.11. The van der Waals surface area contributed by atoms with Crippen LogP contribution >= 0.6 is 0 Å². The number of carboxylic acid groups (broad SMARTS) is 1. The summed E-state index contributed by atoms with van der Waals surface area (Å²) in [6, 6.07) is 4.11. The van der Waals surface area contributed by atoms with Gasteiger partial charge in [0.1, 0.15) is 5.82 Å². The van der Waals surface area contributed by atoms with Crippen LogP contribution in [0.15, 0.2) is 18.2 Å². The first-order valence-electron chi connectivity index (χ1n) is 4.08. The molecule has 0 spiro atoms. The lowest BCUT2D eigenvalue weighted by atomic mass is 10.1.